The molecule has 8 heteroatoms. The third-order valence-electron chi connectivity index (χ3n) is 2.18. The third-order valence-corrected chi connectivity index (χ3v) is 3.72. The number of methoxy groups -OCH3 is 1. The monoisotopic (exact) mass is 273 g/mol. The maximum absolute atomic E-state index is 11.8. The van der Waals surface area contributed by atoms with Crippen LogP contribution in [0.25, 0.3) is 0 Å². The second kappa shape index (κ2) is 5.80. The maximum atomic E-state index is 11.8. The van der Waals surface area contributed by atoms with Gasteiger partial charge in [0.1, 0.15) is 4.90 Å². The molecule has 0 spiro atoms. The summed E-state index contributed by atoms with van der Waals surface area (Å²) in [5.41, 5.74) is 10.8. The van der Waals surface area contributed by atoms with Crippen LogP contribution in [0.1, 0.15) is 10.4 Å². The number of carbonyl (C=O) groups excluding carboxylic acids is 1. The van der Waals surface area contributed by atoms with E-state index in [1.165, 1.54) is 25.3 Å². The van der Waals surface area contributed by atoms with Crippen molar-refractivity contribution >= 4 is 21.6 Å². The fourth-order valence-electron chi connectivity index (χ4n) is 1.30. The van der Waals surface area contributed by atoms with Crippen LogP contribution < -0.4 is 16.2 Å². The average Bonchev–Trinajstić information content (AvgIpc) is 2.28. The molecule has 0 unspecified atom stereocenters. The van der Waals surface area contributed by atoms with Crippen LogP contribution >= 0.6 is 0 Å². The average molecular weight is 273 g/mol. The summed E-state index contributed by atoms with van der Waals surface area (Å²) in [6.45, 7) is 0.383. The zero-order valence-corrected chi connectivity index (χ0v) is 10.7. The van der Waals surface area contributed by atoms with E-state index in [9.17, 15) is 13.2 Å². The fourth-order valence-corrected chi connectivity index (χ4v) is 2.43. The van der Waals surface area contributed by atoms with Crippen molar-refractivity contribution in [2.75, 3.05) is 26.0 Å². The number of amides is 1. The van der Waals surface area contributed by atoms with E-state index in [-0.39, 0.29) is 29.3 Å². The van der Waals surface area contributed by atoms with Gasteiger partial charge in [0.15, 0.2) is 0 Å². The molecule has 18 heavy (non-hydrogen) atoms. The molecule has 0 aliphatic carbocycles. The molecule has 0 radical (unpaired) electrons. The van der Waals surface area contributed by atoms with E-state index in [1.54, 1.807) is 0 Å². The van der Waals surface area contributed by atoms with Crippen molar-refractivity contribution in [3.05, 3.63) is 23.8 Å². The quantitative estimate of drug-likeness (QED) is 0.466. The molecule has 7 nitrogen and oxygen atoms in total. The van der Waals surface area contributed by atoms with E-state index in [0.717, 1.165) is 0 Å². The van der Waals surface area contributed by atoms with Crippen LogP contribution in [0.3, 0.4) is 0 Å². The summed E-state index contributed by atoms with van der Waals surface area (Å²) in [5.74, 6) is -0.669. The van der Waals surface area contributed by atoms with Gasteiger partial charge in [0, 0.05) is 19.2 Å². The van der Waals surface area contributed by atoms with E-state index in [2.05, 4.69) is 4.72 Å². The van der Waals surface area contributed by atoms with Crippen molar-refractivity contribution in [2.45, 2.75) is 4.90 Å². The molecule has 1 amide bonds. The zero-order chi connectivity index (χ0) is 13.8. The van der Waals surface area contributed by atoms with Crippen LogP contribution in [-0.2, 0) is 14.8 Å². The number of anilines is 1. The smallest absolute Gasteiger partial charge is 0.248 e. The molecular weight excluding hydrogens is 258 g/mol. The zero-order valence-electron chi connectivity index (χ0n) is 9.84. The van der Waals surface area contributed by atoms with E-state index < -0.39 is 15.9 Å². The Labute approximate surface area is 105 Å². The van der Waals surface area contributed by atoms with Crippen LogP contribution in [0.15, 0.2) is 23.1 Å². The first kappa shape index (κ1) is 14.4. The van der Waals surface area contributed by atoms with Crippen molar-refractivity contribution in [3.63, 3.8) is 0 Å². The number of nitrogens with two attached hydrogens (primary N) is 2. The van der Waals surface area contributed by atoms with Gasteiger partial charge < -0.3 is 16.2 Å². The standard InChI is InChI=1S/C10H15N3O4S/c1-17-5-4-13-18(15,16)9-3-2-7(10(12)14)6-8(9)11/h2-3,6,13H,4-5,11H2,1H3,(H2,12,14). The molecule has 1 rings (SSSR count). The Bertz CT molecular complexity index is 542. The molecule has 0 aliphatic rings. The number of nitrogen functional groups attached to an aromatic ring is 1. The third kappa shape index (κ3) is 3.42. The topological polar surface area (TPSA) is 125 Å². The fraction of sp³-hybridized carbons (Fsp3) is 0.300. The van der Waals surface area contributed by atoms with Crippen LogP contribution in [0.5, 0.6) is 0 Å². The molecule has 0 aliphatic heterocycles. The predicted molar refractivity (Wildman–Crippen MR) is 66.4 cm³/mol. The Hall–Kier alpha value is -1.64. The first-order valence-electron chi connectivity index (χ1n) is 5.06. The number of hydrogen-bond acceptors (Lipinski definition) is 5. The number of sulfonamides is 1. The Morgan fingerprint density at radius 3 is 2.61 bits per heavy atom. The minimum atomic E-state index is -3.71. The Morgan fingerprint density at radius 1 is 1.44 bits per heavy atom. The van der Waals surface area contributed by atoms with E-state index in [0.29, 0.717) is 0 Å². The number of benzene rings is 1. The van der Waals surface area contributed by atoms with Gasteiger partial charge in [-0.05, 0) is 18.2 Å². The number of ether oxygens (including phenoxy) is 1. The summed E-state index contributed by atoms with van der Waals surface area (Å²) < 4.78 is 30.7. The molecule has 0 saturated heterocycles. The normalized spacial score (nSPS) is 11.4. The number of hydrogen-bond donors (Lipinski definition) is 3. The molecule has 100 valence electrons. The Morgan fingerprint density at radius 2 is 2.11 bits per heavy atom. The largest absolute Gasteiger partial charge is 0.398 e. The van der Waals surface area contributed by atoms with Gasteiger partial charge in [-0.2, -0.15) is 0 Å². The van der Waals surface area contributed by atoms with Crippen LogP contribution in [0.2, 0.25) is 0 Å². The minimum absolute atomic E-state index is 0.0313. The lowest BCUT2D eigenvalue weighted by Gasteiger charge is -2.09. The van der Waals surface area contributed by atoms with Gasteiger partial charge in [-0.3, -0.25) is 4.79 Å². The van der Waals surface area contributed by atoms with Gasteiger partial charge in [0.05, 0.1) is 12.3 Å². The number of carbonyl (C=O) groups is 1. The molecule has 1 aromatic rings. The lowest BCUT2D eigenvalue weighted by molar-refractivity contribution is 0.1000. The maximum Gasteiger partial charge on any atom is 0.248 e. The highest BCUT2D eigenvalue weighted by molar-refractivity contribution is 7.89. The Kier molecular flexibility index (Phi) is 4.65. The first-order chi connectivity index (χ1) is 8.38. The van der Waals surface area contributed by atoms with Crippen molar-refractivity contribution in [3.8, 4) is 0 Å². The molecule has 0 atom stereocenters. The molecule has 0 bridgehead atoms. The van der Waals surface area contributed by atoms with E-state index in [1.807, 2.05) is 0 Å². The summed E-state index contributed by atoms with van der Waals surface area (Å²) in [4.78, 5) is 10.8. The van der Waals surface area contributed by atoms with Crippen molar-refractivity contribution < 1.29 is 17.9 Å². The number of rotatable bonds is 6. The number of nitrogens with one attached hydrogen (secondary N) is 1. The van der Waals surface area contributed by atoms with Gasteiger partial charge in [0.25, 0.3) is 0 Å². The van der Waals surface area contributed by atoms with Gasteiger partial charge in [0.2, 0.25) is 15.9 Å². The predicted octanol–water partition coefficient (Wildman–Crippen LogP) is -0.708. The molecule has 0 aromatic heterocycles. The summed E-state index contributed by atoms with van der Waals surface area (Å²) >= 11 is 0. The molecule has 0 saturated carbocycles. The summed E-state index contributed by atoms with van der Waals surface area (Å²) in [5, 5.41) is 0. The lowest BCUT2D eigenvalue weighted by Crippen LogP contribution is -2.28. The SMILES string of the molecule is COCCNS(=O)(=O)c1ccc(C(N)=O)cc1N. The number of primary amides is 1. The molecule has 1 aromatic carbocycles. The Balaban J connectivity index is 2.99. The first-order valence-corrected chi connectivity index (χ1v) is 6.54. The van der Waals surface area contributed by atoms with Crippen molar-refractivity contribution in [2.24, 2.45) is 5.73 Å². The highest BCUT2D eigenvalue weighted by Gasteiger charge is 2.17. The van der Waals surface area contributed by atoms with Gasteiger partial charge >= 0.3 is 0 Å². The van der Waals surface area contributed by atoms with Gasteiger partial charge in [-0.1, -0.05) is 0 Å². The molecule has 0 heterocycles. The van der Waals surface area contributed by atoms with Gasteiger partial charge in [-0.25, -0.2) is 13.1 Å². The minimum Gasteiger partial charge on any atom is -0.398 e. The summed E-state index contributed by atoms with van der Waals surface area (Å²) in [6, 6.07) is 3.78. The van der Waals surface area contributed by atoms with E-state index >= 15 is 0 Å². The van der Waals surface area contributed by atoms with Crippen LogP contribution in [-0.4, -0.2) is 34.6 Å². The van der Waals surface area contributed by atoms with Gasteiger partial charge in [-0.15, -0.1) is 0 Å². The molecule has 5 N–H and O–H groups in total. The van der Waals surface area contributed by atoms with Crippen LogP contribution in [0, 0.1) is 0 Å². The van der Waals surface area contributed by atoms with Crippen molar-refractivity contribution in [1.29, 1.82) is 0 Å². The second-order valence-corrected chi connectivity index (χ2v) is 5.24. The van der Waals surface area contributed by atoms with Crippen molar-refractivity contribution in [1.82, 2.24) is 4.72 Å². The molecular formula is C10H15N3O4S. The lowest BCUT2D eigenvalue weighted by atomic mass is 10.2. The highest BCUT2D eigenvalue weighted by atomic mass is 32.2. The van der Waals surface area contributed by atoms with E-state index in [4.69, 9.17) is 16.2 Å². The highest BCUT2D eigenvalue weighted by Crippen LogP contribution is 2.19. The summed E-state index contributed by atoms with van der Waals surface area (Å²) in [6.07, 6.45) is 0. The second-order valence-electron chi connectivity index (χ2n) is 3.51. The van der Waals surface area contributed by atoms with Crippen LogP contribution in [0.4, 0.5) is 5.69 Å². The molecule has 0 fully saturated rings. The summed E-state index contributed by atoms with van der Waals surface area (Å²) in [7, 11) is -2.25.